The van der Waals surface area contributed by atoms with E-state index in [9.17, 15) is 0 Å². The minimum absolute atomic E-state index is 1.15. The van der Waals surface area contributed by atoms with E-state index in [4.69, 9.17) is 0 Å². The molecule has 2 aromatic heterocycles. The highest BCUT2D eigenvalue weighted by Crippen LogP contribution is 2.41. The maximum atomic E-state index is 2.45. The third-order valence-electron chi connectivity index (χ3n) is 10.0. The van der Waals surface area contributed by atoms with E-state index in [1.807, 2.05) is 11.3 Å². The van der Waals surface area contributed by atoms with Gasteiger partial charge in [0, 0.05) is 36.6 Å². The first kappa shape index (κ1) is 28.8. The highest BCUT2D eigenvalue weighted by Gasteiger charge is 2.16. The maximum absolute atomic E-state index is 2.45. The number of nitrogens with zero attached hydrogens (tertiary/aromatic N) is 1. The van der Waals surface area contributed by atoms with Crippen molar-refractivity contribution in [3.63, 3.8) is 0 Å². The minimum atomic E-state index is 1.15. The molecule has 10 aromatic rings. The van der Waals surface area contributed by atoms with Crippen molar-refractivity contribution >= 4 is 53.3 Å². The van der Waals surface area contributed by atoms with Gasteiger partial charge in [0.25, 0.3) is 0 Å². The number of fused-ring (bicyclic) bond motifs is 6. The van der Waals surface area contributed by atoms with Crippen LogP contribution in [-0.4, -0.2) is 4.57 Å². The zero-order valence-corrected chi connectivity index (χ0v) is 28.1. The van der Waals surface area contributed by atoms with Crippen molar-refractivity contribution in [2.24, 2.45) is 0 Å². The monoisotopic (exact) mass is 653 g/mol. The van der Waals surface area contributed by atoms with E-state index in [0.29, 0.717) is 0 Å². The first-order valence-corrected chi connectivity index (χ1v) is 17.9. The molecule has 0 aliphatic carbocycles. The zero-order chi connectivity index (χ0) is 33.0. The van der Waals surface area contributed by atoms with Crippen LogP contribution in [0.15, 0.2) is 188 Å². The summed E-state index contributed by atoms with van der Waals surface area (Å²) >= 11 is 1.88. The van der Waals surface area contributed by atoms with Crippen molar-refractivity contribution in [1.29, 1.82) is 0 Å². The Balaban J connectivity index is 1.11. The molecule has 0 unspecified atom stereocenters. The summed E-state index contributed by atoms with van der Waals surface area (Å²) in [7, 11) is 0. The second-order valence-electron chi connectivity index (χ2n) is 12.9. The molecule has 8 aromatic carbocycles. The van der Waals surface area contributed by atoms with Crippen molar-refractivity contribution in [2.45, 2.75) is 0 Å². The van der Waals surface area contributed by atoms with Crippen LogP contribution in [0.5, 0.6) is 0 Å². The van der Waals surface area contributed by atoms with Crippen LogP contribution in [-0.2, 0) is 0 Å². The van der Waals surface area contributed by atoms with Gasteiger partial charge < -0.3 is 4.57 Å². The third-order valence-corrected chi connectivity index (χ3v) is 11.2. The summed E-state index contributed by atoms with van der Waals surface area (Å²) in [4.78, 5) is 0. The van der Waals surface area contributed by atoms with Gasteiger partial charge >= 0.3 is 0 Å². The summed E-state index contributed by atoms with van der Waals surface area (Å²) in [6, 6.07) is 68.6. The van der Waals surface area contributed by atoms with E-state index in [-0.39, 0.29) is 0 Å². The number of thiophene rings is 1. The minimum Gasteiger partial charge on any atom is -0.309 e. The van der Waals surface area contributed by atoms with Crippen molar-refractivity contribution in [3.05, 3.63) is 188 Å². The van der Waals surface area contributed by atoms with E-state index in [0.717, 1.165) is 5.69 Å². The molecule has 0 aliphatic rings. The smallest absolute Gasteiger partial charge is 0.0547 e. The largest absolute Gasteiger partial charge is 0.309 e. The molecule has 0 saturated heterocycles. The van der Waals surface area contributed by atoms with Crippen LogP contribution < -0.4 is 0 Å². The molecular formula is C48H31NS. The lowest BCUT2D eigenvalue weighted by molar-refractivity contribution is 1.18. The Morgan fingerprint density at radius 1 is 0.320 bits per heavy atom. The summed E-state index contributed by atoms with van der Waals surface area (Å²) < 4.78 is 5.13. The lowest BCUT2D eigenvalue weighted by Gasteiger charge is -2.12. The van der Waals surface area contributed by atoms with Gasteiger partial charge in [-0.2, -0.15) is 0 Å². The molecule has 0 saturated carbocycles. The van der Waals surface area contributed by atoms with E-state index in [2.05, 4.69) is 193 Å². The van der Waals surface area contributed by atoms with Gasteiger partial charge in [-0.15, -0.1) is 11.3 Å². The topological polar surface area (TPSA) is 4.93 Å². The summed E-state index contributed by atoms with van der Waals surface area (Å²) in [5.41, 5.74) is 13.4. The van der Waals surface area contributed by atoms with Gasteiger partial charge in [0.1, 0.15) is 0 Å². The molecule has 0 atom stereocenters. The fourth-order valence-corrected chi connectivity index (χ4v) is 8.80. The average Bonchev–Trinajstić information content (AvgIpc) is 3.74. The Morgan fingerprint density at radius 3 is 1.50 bits per heavy atom. The Morgan fingerprint density at radius 2 is 0.820 bits per heavy atom. The third kappa shape index (κ3) is 4.76. The van der Waals surface area contributed by atoms with E-state index < -0.39 is 0 Å². The van der Waals surface area contributed by atoms with Crippen molar-refractivity contribution in [3.8, 4) is 50.2 Å². The molecule has 234 valence electrons. The highest BCUT2D eigenvalue weighted by molar-refractivity contribution is 7.26. The van der Waals surface area contributed by atoms with Gasteiger partial charge in [-0.05, 0) is 74.8 Å². The van der Waals surface area contributed by atoms with Crippen LogP contribution in [0.4, 0.5) is 0 Å². The predicted molar refractivity (Wildman–Crippen MR) is 215 cm³/mol. The molecule has 10 rings (SSSR count). The van der Waals surface area contributed by atoms with Crippen molar-refractivity contribution < 1.29 is 0 Å². The van der Waals surface area contributed by atoms with E-state index in [1.54, 1.807) is 0 Å². The number of benzene rings is 8. The van der Waals surface area contributed by atoms with Crippen LogP contribution >= 0.6 is 11.3 Å². The fraction of sp³-hybridized carbons (Fsp3) is 0. The number of hydrogen-bond acceptors (Lipinski definition) is 1. The quantitative estimate of drug-likeness (QED) is 0.174. The predicted octanol–water partition coefficient (Wildman–Crippen LogP) is 13.8. The molecule has 2 heterocycles. The Labute approximate surface area is 295 Å². The van der Waals surface area contributed by atoms with Crippen molar-refractivity contribution in [2.75, 3.05) is 0 Å². The second kappa shape index (κ2) is 11.7. The van der Waals surface area contributed by atoms with Gasteiger partial charge in [-0.3, -0.25) is 0 Å². The summed E-state index contributed by atoms with van der Waals surface area (Å²) in [5, 5.41) is 5.17. The van der Waals surface area contributed by atoms with Crippen LogP contribution in [0.25, 0.3) is 92.2 Å². The Hall–Kier alpha value is -6.22. The first-order chi connectivity index (χ1) is 24.8. The molecule has 0 radical (unpaired) electrons. The van der Waals surface area contributed by atoms with Crippen LogP contribution in [0.2, 0.25) is 0 Å². The maximum Gasteiger partial charge on any atom is 0.0547 e. The lowest BCUT2D eigenvalue weighted by atomic mass is 9.99. The SMILES string of the molecule is c1ccc(-c2ccc3c4ccc(-c5ccccc5)cc4n(-c4cccc(-c5ccc(-c6cccc7c6sc6ccccc67)cc5)c4)c3c2)cc1. The highest BCUT2D eigenvalue weighted by atomic mass is 32.1. The van der Waals surface area contributed by atoms with Crippen LogP contribution in [0, 0.1) is 0 Å². The molecule has 0 spiro atoms. The molecule has 1 nitrogen and oxygen atoms in total. The number of rotatable bonds is 5. The number of aromatic nitrogens is 1. The van der Waals surface area contributed by atoms with Gasteiger partial charge in [-0.25, -0.2) is 0 Å². The van der Waals surface area contributed by atoms with Gasteiger partial charge in [0.15, 0.2) is 0 Å². The van der Waals surface area contributed by atoms with Crippen molar-refractivity contribution in [1.82, 2.24) is 4.57 Å². The molecule has 50 heavy (non-hydrogen) atoms. The number of hydrogen-bond donors (Lipinski definition) is 0. The molecule has 0 bridgehead atoms. The normalized spacial score (nSPS) is 11.6. The molecule has 2 heteroatoms. The molecule has 0 amide bonds. The Kier molecular flexibility index (Phi) is 6.75. The molecular weight excluding hydrogens is 623 g/mol. The molecule has 0 N–H and O–H groups in total. The molecule has 0 aliphatic heterocycles. The Bertz CT molecular complexity index is 2740. The zero-order valence-electron chi connectivity index (χ0n) is 27.3. The molecule has 0 fully saturated rings. The summed E-state index contributed by atoms with van der Waals surface area (Å²) in [6.45, 7) is 0. The first-order valence-electron chi connectivity index (χ1n) is 17.1. The van der Waals surface area contributed by atoms with E-state index in [1.165, 1.54) is 86.5 Å². The van der Waals surface area contributed by atoms with Gasteiger partial charge in [0.05, 0.1) is 11.0 Å². The standard InChI is InChI=1S/C48H31NS/c1-3-11-32(12-4-1)37-25-27-41-42-28-26-38(33-13-5-2-6-14-33)31-46(42)49(45(41)30-37)39-16-9-15-36(29-39)34-21-23-35(24-22-34)40-18-10-19-44-43-17-7-8-20-47(43)50-48(40)44/h1-31H. The lowest BCUT2D eigenvalue weighted by Crippen LogP contribution is -1.95. The van der Waals surface area contributed by atoms with Crippen LogP contribution in [0.3, 0.4) is 0 Å². The van der Waals surface area contributed by atoms with Gasteiger partial charge in [-0.1, -0.05) is 158 Å². The van der Waals surface area contributed by atoms with Gasteiger partial charge in [0.2, 0.25) is 0 Å². The summed E-state index contributed by atoms with van der Waals surface area (Å²) in [6.07, 6.45) is 0. The van der Waals surface area contributed by atoms with E-state index >= 15 is 0 Å². The summed E-state index contributed by atoms with van der Waals surface area (Å²) in [5.74, 6) is 0. The average molecular weight is 654 g/mol. The second-order valence-corrected chi connectivity index (χ2v) is 14.0. The van der Waals surface area contributed by atoms with Crippen LogP contribution in [0.1, 0.15) is 0 Å². The fourth-order valence-electron chi connectivity index (χ4n) is 7.56.